The molecule has 0 aliphatic carbocycles. The molecule has 0 heterocycles. The van der Waals surface area contributed by atoms with Crippen molar-refractivity contribution in [2.24, 2.45) is 0 Å². The van der Waals surface area contributed by atoms with E-state index in [0.717, 1.165) is 0 Å². The molecule has 0 saturated heterocycles. The monoisotopic (exact) mass is 199 g/mol. The van der Waals surface area contributed by atoms with Gasteiger partial charge in [0.2, 0.25) is 5.91 Å². The number of halogens is 1. The fourth-order valence-corrected chi connectivity index (χ4v) is 1.59. The molecule has 0 spiro atoms. The Hall–Kier alpha value is -1.03. The third kappa shape index (κ3) is 3.06. The topological polar surface area (TPSA) is 29.1 Å². The van der Waals surface area contributed by atoms with Crippen LogP contribution in [0.15, 0.2) is 29.2 Å². The summed E-state index contributed by atoms with van der Waals surface area (Å²) in [6, 6.07) is 6.41. The highest BCUT2D eigenvalue weighted by atomic mass is 32.2. The Labute approximate surface area is 80.5 Å². The van der Waals surface area contributed by atoms with Crippen molar-refractivity contribution in [3.8, 4) is 0 Å². The molecule has 1 amide bonds. The second-order valence-corrected chi connectivity index (χ2v) is 3.41. The van der Waals surface area contributed by atoms with E-state index in [9.17, 15) is 9.18 Å². The van der Waals surface area contributed by atoms with E-state index in [1.54, 1.807) is 25.2 Å². The van der Waals surface area contributed by atoms with Crippen molar-refractivity contribution < 1.29 is 9.18 Å². The van der Waals surface area contributed by atoms with E-state index in [-0.39, 0.29) is 17.5 Å². The van der Waals surface area contributed by atoms with Gasteiger partial charge in [-0.05, 0) is 12.1 Å². The molecular formula is C9H10FNOS. The smallest absolute Gasteiger partial charge is 0.230 e. The molecule has 1 N–H and O–H groups in total. The summed E-state index contributed by atoms with van der Waals surface area (Å²) in [5.74, 6) is -0.137. The van der Waals surface area contributed by atoms with Gasteiger partial charge in [0.15, 0.2) is 0 Å². The van der Waals surface area contributed by atoms with Gasteiger partial charge in [-0.25, -0.2) is 4.39 Å². The Kier molecular flexibility index (Phi) is 3.76. The van der Waals surface area contributed by atoms with Crippen LogP contribution in [0.4, 0.5) is 4.39 Å². The van der Waals surface area contributed by atoms with Gasteiger partial charge in [0.05, 0.1) is 5.75 Å². The van der Waals surface area contributed by atoms with Crippen LogP contribution in [0.25, 0.3) is 0 Å². The van der Waals surface area contributed by atoms with Crippen LogP contribution in [0.2, 0.25) is 0 Å². The first-order valence-electron chi connectivity index (χ1n) is 3.82. The van der Waals surface area contributed by atoms with Crippen LogP contribution in [0.3, 0.4) is 0 Å². The van der Waals surface area contributed by atoms with Crippen molar-refractivity contribution in [1.29, 1.82) is 0 Å². The molecule has 0 radical (unpaired) electrons. The van der Waals surface area contributed by atoms with E-state index in [1.807, 2.05) is 0 Å². The molecule has 0 saturated carbocycles. The van der Waals surface area contributed by atoms with E-state index < -0.39 is 0 Å². The normalized spacial score (nSPS) is 9.69. The molecule has 0 aliphatic rings. The quantitative estimate of drug-likeness (QED) is 0.750. The highest BCUT2D eigenvalue weighted by Gasteiger charge is 2.03. The summed E-state index contributed by atoms with van der Waals surface area (Å²) in [6.45, 7) is 0. The van der Waals surface area contributed by atoms with Crippen molar-refractivity contribution in [1.82, 2.24) is 5.32 Å². The number of hydrogen-bond donors (Lipinski definition) is 1. The maximum Gasteiger partial charge on any atom is 0.230 e. The third-order valence-corrected chi connectivity index (χ3v) is 2.52. The summed E-state index contributed by atoms with van der Waals surface area (Å²) in [7, 11) is 1.56. The van der Waals surface area contributed by atoms with E-state index >= 15 is 0 Å². The lowest BCUT2D eigenvalue weighted by Crippen LogP contribution is -2.19. The van der Waals surface area contributed by atoms with Gasteiger partial charge >= 0.3 is 0 Å². The SMILES string of the molecule is CNC(=O)CSc1ccccc1F. The molecule has 13 heavy (non-hydrogen) atoms. The molecule has 0 unspecified atom stereocenters. The lowest BCUT2D eigenvalue weighted by atomic mass is 10.3. The van der Waals surface area contributed by atoms with Crippen molar-refractivity contribution in [2.75, 3.05) is 12.8 Å². The summed E-state index contributed by atoms with van der Waals surface area (Å²) in [5.41, 5.74) is 0. The lowest BCUT2D eigenvalue weighted by molar-refractivity contribution is -0.118. The summed E-state index contributed by atoms with van der Waals surface area (Å²) >= 11 is 1.19. The van der Waals surface area contributed by atoms with Gasteiger partial charge in [0.25, 0.3) is 0 Å². The first-order valence-corrected chi connectivity index (χ1v) is 4.80. The van der Waals surface area contributed by atoms with E-state index in [0.29, 0.717) is 4.90 Å². The van der Waals surface area contributed by atoms with Crippen molar-refractivity contribution >= 4 is 17.7 Å². The van der Waals surface area contributed by atoms with E-state index in [4.69, 9.17) is 0 Å². The van der Waals surface area contributed by atoms with Crippen LogP contribution in [-0.4, -0.2) is 18.7 Å². The molecule has 1 aromatic rings. The molecule has 0 atom stereocenters. The van der Waals surface area contributed by atoms with Gasteiger partial charge in [0.1, 0.15) is 5.82 Å². The van der Waals surface area contributed by atoms with Crippen LogP contribution in [0.5, 0.6) is 0 Å². The Morgan fingerprint density at radius 2 is 2.23 bits per heavy atom. The van der Waals surface area contributed by atoms with Gasteiger partial charge in [-0.15, -0.1) is 11.8 Å². The zero-order chi connectivity index (χ0) is 9.68. The molecule has 4 heteroatoms. The summed E-state index contributed by atoms with van der Waals surface area (Å²) in [5, 5.41) is 2.47. The minimum absolute atomic E-state index is 0.103. The Bertz CT molecular complexity index is 303. The number of amides is 1. The van der Waals surface area contributed by atoms with Gasteiger partial charge in [-0.3, -0.25) is 4.79 Å². The first-order chi connectivity index (χ1) is 6.24. The average molecular weight is 199 g/mol. The van der Waals surface area contributed by atoms with E-state index in [2.05, 4.69) is 5.32 Å². The summed E-state index contributed by atoms with van der Waals surface area (Å²) in [6.07, 6.45) is 0. The van der Waals surface area contributed by atoms with Gasteiger partial charge in [-0.2, -0.15) is 0 Å². The maximum absolute atomic E-state index is 13.0. The third-order valence-electron chi connectivity index (χ3n) is 1.47. The zero-order valence-corrected chi connectivity index (χ0v) is 8.03. The summed E-state index contributed by atoms with van der Waals surface area (Å²) in [4.78, 5) is 11.3. The van der Waals surface area contributed by atoms with Gasteiger partial charge in [0, 0.05) is 11.9 Å². The molecule has 0 bridgehead atoms. The van der Waals surface area contributed by atoms with Crippen molar-refractivity contribution in [2.45, 2.75) is 4.90 Å². The molecule has 1 rings (SSSR count). The fraction of sp³-hybridized carbons (Fsp3) is 0.222. The minimum Gasteiger partial charge on any atom is -0.358 e. The number of nitrogens with one attached hydrogen (secondary N) is 1. The Balaban J connectivity index is 2.54. The minimum atomic E-state index is -0.281. The van der Waals surface area contributed by atoms with E-state index in [1.165, 1.54) is 17.8 Å². The molecule has 70 valence electrons. The predicted octanol–water partition coefficient (Wildman–Crippen LogP) is 1.66. The fourth-order valence-electron chi connectivity index (χ4n) is 0.777. The molecular weight excluding hydrogens is 189 g/mol. The zero-order valence-electron chi connectivity index (χ0n) is 7.21. The Morgan fingerprint density at radius 1 is 1.54 bits per heavy atom. The lowest BCUT2D eigenvalue weighted by Gasteiger charge is -2.01. The maximum atomic E-state index is 13.0. The highest BCUT2D eigenvalue weighted by Crippen LogP contribution is 2.20. The highest BCUT2D eigenvalue weighted by molar-refractivity contribution is 8.00. The Morgan fingerprint density at radius 3 is 2.85 bits per heavy atom. The number of carbonyl (C=O) groups is 1. The second-order valence-electron chi connectivity index (χ2n) is 2.39. The van der Waals surface area contributed by atoms with Crippen LogP contribution < -0.4 is 5.32 Å². The number of hydrogen-bond acceptors (Lipinski definition) is 2. The van der Waals surface area contributed by atoms with Gasteiger partial charge in [-0.1, -0.05) is 12.1 Å². The molecule has 1 aromatic carbocycles. The largest absolute Gasteiger partial charge is 0.358 e. The van der Waals surface area contributed by atoms with Crippen LogP contribution in [-0.2, 0) is 4.79 Å². The van der Waals surface area contributed by atoms with Crippen molar-refractivity contribution in [3.05, 3.63) is 30.1 Å². The number of benzene rings is 1. The van der Waals surface area contributed by atoms with Crippen LogP contribution in [0.1, 0.15) is 0 Å². The molecule has 0 aromatic heterocycles. The molecule has 2 nitrogen and oxygen atoms in total. The van der Waals surface area contributed by atoms with Crippen LogP contribution >= 0.6 is 11.8 Å². The second kappa shape index (κ2) is 4.87. The number of thioether (sulfide) groups is 1. The number of rotatable bonds is 3. The molecule has 0 aliphatic heterocycles. The average Bonchev–Trinajstić information content (AvgIpc) is 2.16. The first kappa shape index (κ1) is 10.1. The van der Waals surface area contributed by atoms with Gasteiger partial charge < -0.3 is 5.32 Å². The standard InChI is InChI=1S/C9H10FNOS/c1-11-9(12)6-13-8-5-3-2-4-7(8)10/h2-5H,6H2,1H3,(H,11,12). The summed E-state index contributed by atoms with van der Waals surface area (Å²) < 4.78 is 13.0. The van der Waals surface area contributed by atoms with Crippen LogP contribution in [0, 0.1) is 5.82 Å². The molecule has 0 fully saturated rings. The van der Waals surface area contributed by atoms with Crippen molar-refractivity contribution in [3.63, 3.8) is 0 Å². The number of carbonyl (C=O) groups excluding carboxylic acids is 1. The predicted molar refractivity (Wildman–Crippen MR) is 51.2 cm³/mol.